The van der Waals surface area contributed by atoms with Gasteiger partial charge in [0, 0.05) is 5.69 Å². The lowest BCUT2D eigenvalue weighted by Gasteiger charge is -2.21. The van der Waals surface area contributed by atoms with E-state index >= 15 is 0 Å². The smallest absolute Gasteiger partial charge is 0.323 e. The third-order valence-corrected chi connectivity index (χ3v) is 2.48. The molecule has 0 saturated heterocycles. The molecular weight excluding hydrogens is 246 g/mol. The normalized spacial score (nSPS) is 10.5. The van der Waals surface area contributed by atoms with Gasteiger partial charge in [-0.25, -0.2) is 0 Å². The number of carboxylic acid groups (broad SMARTS) is 1. The molecule has 19 heavy (non-hydrogen) atoms. The fourth-order valence-corrected chi connectivity index (χ4v) is 1.50. The molecule has 0 atom stereocenters. The summed E-state index contributed by atoms with van der Waals surface area (Å²) in [5.74, 6) is -1.42. The van der Waals surface area contributed by atoms with Gasteiger partial charge in [-0.15, -0.1) is 0 Å². The zero-order valence-electron chi connectivity index (χ0n) is 11.4. The van der Waals surface area contributed by atoms with Crippen LogP contribution in [-0.2, 0) is 14.3 Å². The lowest BCUT2D eigenvalue weighted by Crippen LogP contribution is -2.38. The van der Waals surface area contributed by atoms with Crippen molar-refractivity contribution in [1.82, 2.24) is 0 Å². The van der Waals surface area contributed by atoms with Crippen molar-refractivity contribution in [3.8, 4) is 0 Å². The number of anilines is 1. The maximum absolute atomic E-state index is 12.0. The van der Waals surface area contributed by atoms with Crippen LogP contribution in [0.5, 0.6) is 0 Å². The van der Waals surface area contributed by atoms with Crippen molar-refractivity contribution in [2.24, 2.45) is 0 Å². The average molecular weight is 265 g/mol. The van der Waals surface area contributed by atoms with Gasteiger partial charge in [-0.05, 0) is 32.9 Å². The molecule has 1 rings (SSSR count). The Hall–Kier alpha value is -1.88. The molecule has 0 spiro atoms. The molecule has 0 aliphatic heterocycles. The summed E-state index contributed by atoms with van der Waals surface area (Å²) >= 11 is 0. The van der Waals surface area contributed by atoms with Crippen molar-refractivity contribution in [3.05, 3.63) is 29.8 Å². The number of carboxylic acids is 1. The van der Waals surface area contributed by atoms with Crippen molar-refractivity contribution in [1.29, 1.82) is 0 Å². The molecule has 1 aromatic carbocycles. The Balaban J connectivity index is 2.84. The fourth-order valence-electron chi connectivity index (χ4n) is 1.50. The molecule has 1 amide bonds. The molecule has 0 aliphatic carbocycles. The number of hydrogen-bond donors (Lipinski definition) is 1. The monoisotopic (exact) mass is 265 g/mol. The molecule has 1 N–H and O–H groups in total. The number of benzene rings is 1. The SMILES string of the molecule is Cc1ccc(N(CC(=O)O)C(=O)COC(C)C)cc1. The zero-order chi connectivity index (χ0) is 14.4. The molecule has 5 nitrogen and oxygen atoms in total. The van der Waals surface area contributed by atoms with E-state index < -0.39 is 5.97 Å². The van der Waals surface area contributed by atoms with Crippen LogP contribution in [0.4, 0.5) is 5.69 Å². The molecule has 104 valence electrons. The van der Waals surface area contributed by atoms with Gasteiger partial charge in [-0.1, -0.05) is 17.7 Å². The van der Waals surface area contributed by atoms with E-state index in [1.54, 1.807) is 12.1 Å². The summed E-state index contributed by atoms with van der Waals surface area (Å²) in [6.07, 6.45) is -0.0753. The Morgan fingerprint density at radius 2 is 1.84 bits per heavy atom. The number of ether oxygens (including phenoxy) is 1. The van der Waals surface area contributed by atoms with Crippen LogP contribution in [0.1, 0.15) is 19.4 Å². The Kier molecular flexibility index (Phi) is 5.51. The van der Waals surface area contributed by atoms with Crippen LogP contribution in [0.25, 0.3) is 0 Å². The minimum absolute atomic E-state index is 0.0753. The van der Waals surface area contributed by atoms with Crippen molar-refractivity contribution in [2.75, 3.05) is 18.1 Å². The maximum atomic E-state index is 12.0. The average Bonchev–Trinajstić information content (AvgIpc) is 2.34. The predicted octanol–water partition coefficient (Wildman–Crippen LogP) is 1.84. The molecule has 0 fully saturated rings. The van der Waals surface area contributed by atoms with E-state index in [9.17, 15) is 9.59 Å². The number of amides is 1. The maximum Gasteiger partial charge on any atom is 0.323 e. The first kappa shape index (κ1) is 15.2. The number of nitrogens with zero attached hydrogens (tertiary/aromatic N) is 1. The number of rotatable bonds is 6. The Morgan fingerprint density at radius 3 is 2.32 bits per heavy atom. The van der Waals surface area contributed by atoms with Gasteiger partial charge in [0.1, 0.15) is 13.2 Å². The van der Waals surface area contributed by atoms with Crippen LogP contribution < -0.4 is 4.90 Å². The van der Waals surface area contributed by atoms with Gasteiger partial charge < -0.3 is 9.84 Å². The second kappa shape index (κ2) is 6.89. The summed E-state index contributed by atoms with van der Waals surface area (Å²) in [4.78, 5) is 24.1. The molecule has 0 radical (unpaired) electrons. The highest BCUT2D eigenvalue weighted by Gasteiger charge is 2.19. The van der Waals surface area contributed by atoms with Crippen LogP contribution in [0, 0.1) is 6.92 Å². The molecule has 0 aromatic heterocycles. The Bertz CT molecular complexity index is 439. The van der Waals surface area contributed by atoms with E-state index in [2.05, 4.69) is 0 Å². The standard InChI is InChI=1S/C14H19NO4/c1-10(2)19-9-13(16)15(8-14(17)18)12-6-4-11(3)5-7-12/h4-7,10H,8-9H2,1-3H3,(H,17,18). The highest BCUT2D eigenvalue weighted by molar-refractivity contribution is 5.98. The second-order valence-electron chi connectivity index (χ2n) is 4.57. The lowest BCUT2D eigenvalue weighted by atomic mass is 10.2. The minimum Gasteiger partial charge on any atom is -0.480 e. The van der Waals surface area contributed by atoms with Crippen molar-refractivity contribution < 1.29 is 19.4 Å². The number of carbonyl (C=O) groups is 2. The molecule has 1 aromatic rings. The summed E-state index contributed by atoms with van der Waals surface area (Å²) in [6, 6.07) is 7.12. The summed E-state index contributed by atoms with van der Waals surface area (Å²) in [7, 11) is 0. The van der Waals surface area contributed by atoms with E-state index in [4.69, 9.17) is 9.84 Å². The van der Waals surface area contributed by atoms with Crippen LogP contribution in [0.3, 0.4) is 0 Å². The number of aliphatic carboxylic acids is 1. The van der Waals surface area contributed by atoms with E-state index in [0.29, 0.717) is 5.69 Å². The summed E-state index contributed by atoms with van der Waals surface area (Å²) in [6.45, 7) is 5.07. The van der Waals surface area contributed by atoms with E-state index in [1.165, 1.54) is 4.90 Å². The first-order valence-corrected chi connectivity index (χ1v) is 6.10. The topological polar surface area (TPSA) is 66.8 Å². The third kappa shape index (κ3) is 5.09. The van der Waals surface area contributed by atoms with E-state index in [0.717, 1.165) is 5.56 Å². The van der Waals surface area contributed by atoms with Gasteiger partial charge in [0.15, 0.2) is 0 Å². The summed E-state index contributed by atoms with van der Waals surface area (Å²) in [5, 5.41) is 8.89. The highest BCUT2D eigenvalue weighted by atomic mass is 16.5. The van der Waals surface area contributed by atoms with Gasteiger partial charge in [-0.2, -0.15) is 0 Å². The van der Waals surface area contributed by atoms with Crippen LogP contribution >= 0.6 is 0 Å². The summed E-state index contributed by atoms with van der Waals surface area (Å²) < 4.78 is 5.23. The highest BCUT2D eigenvalue weighted by Crippen LogP contribution is 2.15. The van der Waals surface area contributed by atoms with Crippen molar-refractivity contribution >= 4 is 17.6 Å². The van der Waals surface area contributed by atoms with Gasteiger partial charge in [0.05, 0.1) is 6.10 Å². The predicted molar refractivity (Wildman–Crippen MR) is 72.3 cm³/mol. The minimum atomic E-state index is -1.06. The quantitative estimate of drug-likeness (QED) is 0.852. The zero-order valence-corrected chi connectivity index (χ0v) is 11.4. The summed E-state index contributed by atoms with van der Waals surface area (Å²) in [5.41, 5.74) is 1.61. The van der Waals surface area contributed by atoms with Crippen LogP contribution in [-0.4, -0.2) is 36.2 Å². The number of hydrogen-bond acceptors (Lipinski definition) is 3. The largest absolute Gasteiger partial charge is 0.480 e. The first-order valence-electron chi connectivity index (χ1n) is 6.10. The van der Waals surface area contributed by atoms with Gasteiger partial charge in [0.2, 0.25) is 0 Å². The van der Waals surface area contributed by atoms with Crippen molar-refractivity contribution in [2.45, 2.75) is 26.9 Å². The van der Waals surface area contributed by atoms with Crippen LogP contribution in [0.15, 0.2) is 24.3 Å². The number of carbonyl (C=O) groups excluding carboxylic acids is 1. The molecule has 0 saturated carbocycles. The van der Waals surface area contributed by atoms with E-state index in [-0.39, 0.29) is 25.2 Å². The van der Waals surface area contributed by atoms with Gasteiger partial charge in [0.25, 0.3) is 5.91 Å². The fraction of sp³-hybridized carbons (Fsp3) is 0.429. The second-order valence-corrected chi connectivity index (χ2v) is 4.57. The number of aryl methyl sites for hydroxylation is 1. The molecule has 0 bridgehead atoms. The van der Waals surface area contributed by atoms with Crippen LogP contribution in [0.2, 0.25) is 0 Å². The van der Waals surface area contributed by atoms with Gasteiger partial charge >= 0.3 is 5.97 Å². The molecular formula is C14H19NO4. The Labute approximate surface area is 112 Å². The van der Waals surface area contributed by atoms with Crippen molar-refractivity contribution in [3.63, 3.8) is 0 Å². The lowest BCUT2D eigenvalue weighted by molar-refractivity contribution is -0.137. The molecule has 0 heterocycles. The first-order chi connectivity index (χ1) is 8.90. The van der Waals surface area contributed by atoms with Gasteiger partial charge in [-0.3, -0.25) is 14.5 Å². The third-order valence-electron chi connectivity index (χ3n) is 2.48. The molecule has 5 heteroatoms. The molecule has 0 unspecified atom stereocenters. The van der Waals surface area contributed by atoms with E-state index in [1.807, 2.05) is 32.9 Å². The Morgan fingerprint density at radius 1 is 1.26 bits per heavy atom. The molecule has 0 aliphatic rings.